The van der Waals surface area contributed by atoms with Gasteiger partial charge in [-0.05, 0) is 12.8 Å². The Kier molecular flexibility index (Phi) is 5.61. The Morgan fingerprint density at radius 1 is 1.21 bits per heavy atom. The molecule has 0 aliphatic carbocycles. The fourth-order valence-corrected chi connectivity index (χ4v) is 4.47. The Morgan fingerprint density at radius 2 is 1.96 bits per heavy atom. The second-order valence-corrected chi connectivity index (χ2v) is 7.74. The molecule has 3 rings (SSSR count). The fraction of sp³-hybridized carbons (Fsp3) is 0.714. The lowest BCUT2D eigenvalue weighted by atomic mass is 10.1. The molecule has 0 radical (unpaired) electrons. The maximum atomic E-state index is 12.7. The van der Waals surface area contributed by atoms with Gasteiger partial charge in [0.05, 0.1) is 32.3 Å². The van der Waals surface area contributed by atoms with Crippen LogP contribution in [0.2, 0.25) is 0 Å². The minimum atomic E-state index is -3.47. The van der Waals surface area contributed by atoms with Crippen molar-refractivity contribution in [3.63, 3.8) is 0 Å². The molecule has 134 valence electrons. The third-order valence-corrected chi connectivity index (χ3v) is 6.18. The zero-order valence-corrected chi connectivity index (χ0v) is 14.2. The van der Waals surface area contributed by atoms with Gasteiger partial charge in [0.15, 0.2) is 0 Å². The molecule has 2 saturated heterocycles. The van der Waals surface area contributed by atoms with E-state index in [9.17, 15) is 13.2 Å². The highest BCUT2D eigenvalue weighted by Crippen LogP contribution is 2.17. The van der Waals surface area contributed by atoms with Gasteiger partial charge in [-0.2, -0.15) is 17.0 Å². The van der Waals surface area contributed by atoms with E-state index < -0.39 is 10.2 Å². The van der Waals surface area contributed by atoms with Crippen molar-refractivity contribution in [2.45, 2.75) is 18.9 Å². The Bertz CT molecular complexity index is 701. The zero-order valence-electron chi connectivity index (χ0n) is 13.4. The number of aryl methyl sites for hydroxylation is 1. The fourth-order valence-electron chi connectivity index (χ4n) is 2.87. The van der Waals surface area contributed by atoms with E-state index in [2.05, 4.69) is 9.97 Å². The number of morpholine rings is 2. The van der Waals surface area contributed by atoms with Gasteiger partial charge in [0.2, 0.25) is 0 Å². The molecule has 2 aliphatic heterocycles. The highest BCUT2D eigenvalue weighted by atomic mass is 32.2. The lowest BCUT2D eigenvalue weighted by molar-refractivity contribution is -0.00878. The molecule has 24 heavy (non-hydrogen) atoms. The van der Waals surface area contributed by atoms with Crippen LogP contribution in [0.3, 0.4) is 0 Å². The molecular formula is C14H22N4O5S. The van der Waals surface area contributed by atoms with Crippen molar-refractivity contribution in [3.05, 3.63) is 28.4 Å². The van der Waals surface area contributed by atoms with Crippen LogP contribution in [0.5, 0.6) is 0 Å². The average molecular weight is 358 g/mol. The van der Waals surface area contributed by atoms with Gasteiger partial charge in [-0.3, -0.25) is 4.79 Å². The van der Waals surface area contributed by atoms with E-state index in [1.165, 1.54) is 21.0 Å². The summed E-state index contributed by atoms with van der Waals surface area (Å²) in [6, 6.07) is 1.45. The van der Waals surface area contributed by atoms with E-state index in [1.54, 1.807) is 0 Å². The predicted octanol–water partition coefficient (Wildman–Crippen LogP) is -1.02. The normalized spacial score (nSPS) is 24.1. The molecule has 0 aromatic carbocycles. The van der Waals surface area contributed by atoms with Crippen molar-refractivity contribution < 1.29 is 17.9 Å². The molecule has 0 saturated carbocycles. The minimum Gasteiger partial charge on any atom is -0.379 e. The lowest BCUT2D eigenvalue weighted by Gasteiger charge is -2.36. The number of hydrogen-bond acceptors (Lipinski definition) is 6. The van der Waals surface area contributed by atoms with Crippen LogP contribution in [-0.4, -0.2) is 79.1 Å². The first kappa shape index (κ1) is 17.5. The van der Waals surface area contributed by atoms with Crippen molar-refractivity contribution in [1.29, 1.82) is 0 Å². The van der Waals surface area contributed by atoms with Crippen LogP contribution in [0, 0.1) is 0 Å². The van der Waals surface area contributed by atoms with Gasteiger partial charge in [-0.1, -0.05) is 0 Å². The van der Waals surface area contributed by atoms with Gasteiger partial charge in [0, 0.05) is 37.9 Å². The zero-order chi connectivity index (χ0) is 17.0. The van der Waals surface area contributed by atoms with E-state index in [4.69, 9.17) is 9.47 Å². The van der Waals surface area contributed by atoms with Crippen LogP contribution >= 0.6 is 0 Å². The summed E-state index contributed by atoms with van der Waals surface area (Å²) in [7, 11) is -3.47. The standard InChI is InChI=1S/C14H22N4O5S/c19-14-9-12(15-11-16-14)1-2-13-10-18(5-8-23-13)24(20,21)17-3-6-22-7-4-17/h9,11,13H,1-8,10H2,(H,15,16,19). The molecule has 2 aliphatic rings. The first-order valence-electron chi connectivity index (χ1n) is 8.04. The van der Waals surface area contributed by atoms with Gasteiger partial charge >= 0.3 is 0 Å². The summed E-state index contributed by atoms with van der Waals surface area (Å²) in [4.78, 5) is 17.8. The molecule has 0 spiro atoms. The summed E-state index contributed by atoms with van der Waals surface area (Å²) in [5.41, 5.74) is 0.483. The van der Waals surface area contributed by atoms with E-state index >= 15 is 0 Å². The lowest BCUT2D eigenvalue weighted by Crippen LogP contribution is -2.53. The monoisotopic (exact) mass is 358 g/mol. The second-order valence-electron chi connectivity index (χ2n) is 5.81. The van der Waals surface area contributed by atoms with E-state index in [0.717, 1.165) is 0 Å². The van der Waals surface area contributed by atoms with E-state index in [-0.39, 0.29) is 11.7 Å². The Hall–Kier alpha value is -1.33. The number of rotatable bonds is 5. The molecule has 1 unspecified atom stereocenters. The summed E-state index contributed by atoms with van der Waals surface area (Å²) < 4.78 is 39.2. The Morgan fingerprint density at radius 3 is 2.71 bits per heavy atom. The highest BCUT2D eigenvalue weighted by Gasteiger charge is 2.34. The molecule has 1 atom stereocenters. The van der Waals surface area contributed by atoms with Gasteiger partial charge in [0.25, 0.3) is 15.8 Å². The number of nitrogens with zero attached hydrogens (tertiary/aromatic N) is 3. The molecular weight excluding hydrogens is 336 g/mol. The second kappa shape index (κ2) is 7.70. The Labute approximate surface area is 140 Å². The van der Waals surface area contributed by atoms with Crippen LogP contribution < -0.4 is 5.56 Å². The molecule has 3 heterocycles. The molecule has 1 N–H and O–H groups in total. The van der Waals surface area contributed by atoms with Gasteiger partial charge < -0.3 is 14.5 Å². The van der Waals surface area contributed by atoms with Crippen molar-refractivity contribution in [2.24, 2.45) is 0 Å². The van der Waals surface area contributed by atoms with E-state index in [0.29, 0.717) is 64.5 Å². The molecule has 2 fully saturated rings. The Balaban J connectivity index is 1.58. The quantitative estimate of drug-likeness (QED) is 0.722. The molecule has 1 aromatic heterocycles. The molecule has 10 heteroatoms. The number of hydrogen-bond donors (Lipinski definition) is 1. The summed E-state index contributed by atoms with van der Waals surface area (Å²) in [6.45, 7) is 2.70. The van der Waals surface area contributed by atoms with Crippen molar-refractivity contribution in [1.82, 2.24) is 18.6 Å². The molecule has 9 nitrogen and oxygen atoms in total. The number of aromatic amines is 1. The van der Waals surface area contributed by atoms with Crippen molar-refractivity contribution in [2.75, 3.05) is 46.0 Å². The third-order valence-electron chi connectivity index (χ3n) is 4.18. The third kappa shape index (κ3) is 4.19. The van der Waals surface area contributed by atoms with Crippen LogP contribution in [0.1, 0.15) is 12.1 Å². The number of H-pyrrole nitrogens is 1. The summed E-state index contributed by atoms with van der Waals surface area (Å²) in [5.74, 6) is 0. The number of nitrogens with one attached hydrogen (secondary N) is 1. The van der Waals surface area contributed by atoms with Gasteiger partial charge in [0.1, 0.15) is 0 Å². The largest absolute Gasteiger partial charge is 0.379 e. The van der Waals surface area contributed by atoms with Crippen LogP contribution in [0.4, 0.5) is 0 Å². The van der Waals surface area contributed by atoms with Crippen LogP contribution in [0.15, 0.2) is 17.2 Å². The summed E-state index contributed by atoms with van der Waals surface area (Å²) in [5, 5.41) is 0. The van der Waals surface area contributed by atoms with Gasteiger partial charge in [-0.25, -0.2) is 4.98 Å². The van der Waals surface area contributed by atoms with Crippen LogP contribution in [-0.2, 0) is 26.1 Å². The first-order chi connectivity index (χ1) is 11.6. The summed E-state index contributed by atoms with van der Waals surface area (Å²) in [6.07, 6.45) is 2.36. The van der Waals surface area contributed by atoms with E-state index in [1.807, 2.05) is 0 Å². The first-order valence-corrected chi connectivity index (χ1v) is 9.43. The molecule has 0 bridgehead atoms. The molecule has 1 aromatic rings. The smallest absolute Gasteiger partial charge is 0.282 e. The van der Waals surface area contributed by atoms with Crippen molar-refractivity contribution in [3.8, 4) is 0 Å². The maximum Gasteiger partial charge on any atom is 0.282 e. The maximum absolute atomic E-state index is 12.7. The molecule has 0 amide bonds. The van der Waals surface area contributed by atoms with Crippen LogP contribution in [0.25, 0.3) is 0 Å². The van der Waals surface area contributed by atoms with Crippen molar-refractivity contribution >= 4 is 10.2 Å². The number of aromatic nitrogens is 2. The number of ether oxygens (including phenoxy) is 2. The SMILES string of the molecule is O=c1cc(CCC2CN(S(=O)(=O)N3CCOCC3)CCO2)nc[nH]1. The predicted molar refractivity (Wildman–Crippen MR) is 85.8 cm³/mol. The average Bonchev–Trinajstić information content (AvgIpc) is 2.61. The topological polar surface area (TPSA) is 105 Å². The summed E-state index contributed by atoms with van der Waals surface area (Å²) >= 11 is 0. The van der Waals surface area contributed by atoms with Gasteiger partial charge in [-0.15, -0.1) is 0 Å². The minimum absolute atomic E-state index is 0.193. The highest BCUT2D eigenvalue weighted by molar-refractivity contribution is 7.86.